The number of benzene rings is 1. The molecule has 1 aromatic carbocycles. The second-order valence-corrected chi connectivity index (χ2v) is 14.8. The number of rotatable bonds is 10. The van der Waals surface area contributed by atoms with Crippen LogP contribution in [0.25, 0.3) is 10.9 Å². The predicted octanol–water partition coefficient (Wildman–Crippen LogP) is 6.61. The maximum Gasteiger partial charge on any atom is 0.422 e. The maximum absolute atomic E-state index is 13.4. The average molecular weight is 731 g/mol. The first-order chi connectivity index (χ1) is 22.2. The zero-order chi connectivity index (χ0) is 34.0. The summed E-state index contributed by atoms with van der Waals surface area (Å²) in [4.78, 5) is 28.5. The van der Waals surface area contributed by atoms with Gasteiger partial charge in [0.05, 0.1) is 4.47 Å². The third-order valence-corrected chi connectivity index (χ3v) is 10.0. The Kier molecular flexibility index (Phi) is 11.0. The molecule has 5 rings (SSSR count). The van der Waals surface area contributed by atoms with Crippen LogP contribution >= 0.6 is 15.9 Å². The van der Waals surface area contributed by atoms with Gasteiger partial charge in [0.1, 0.15) is 23.0 Å². The Morgan fingerprint density at radius 3 is 2.36 bits per heavy atom. The molecule has 14 heteroatoms. The summed E-state index contributed by atoms with van der Waals surface area (Å²) in [5.74, 6) is 0.665. The van der Waals surface area contributed by atoms with Crippen molar-refractivity contribution in [3.8, 4) is 11.8 Å². The number of hydrogen-bond donors (Lipinski definition) is 0. The van der Waals surface area contributed by atoms with Crippen molar-refractivity contribution in [1.29, 1.82) is 0 Å². The van der Waals surface area contributed by atoms with Crippen LogP contribution < -0.4 is 14.4 Å². The molecule has 1 spiro atoms. The maximum atomic E-state index is 13.4. The molecule has 3 fully saturated rings. The molecule has 3 saturated heterocycles. The summed E-state index contributed by atoms with van der Waals surface area (Å²) in [6.07, 6.45) is -0.131. The van der Waals surface area contributed by atoms with Crippen LogP contribution in [-0.4, -0.2) is 110 Å². The molecular weight excluding hydrogens is 683 g/mol. The van der Waals surface area contributed by atoms with E-state index in [1.165, 1.54) is 0 Å². The number of fused-ring (bicyclic) bond motifs is 1. The molecule has 0 atom stereocenters. The van der Waals surface area contributed by atoms with Crippen LogP contribution in [0.5, 0.6) is 11.8 Å². The predicted molar refractivity (Wildman–Crippen MR) is 176 cm³/mol. The number of halogens is 4. The molecule has 4 heterocycles. The number of piperidine rings is 2. The Hall–Kier alpha value is -2.58. The lowest BCUT2D eigenvalue weighted by Crippen LogP contribution is -2.62. The molecule has 10 nitrogen and oxygen atoms in total. The van der Waals surface area contributed by atoms with Gasteiger partial charge in [-0.05, 0) is 86.9 Å². The number of hydrogen-bond acceptors (Lipinski definition) is 9. The van der Waals surface area contributed by atoms with Crippen LogP contribution in [0.2, 0.25) is 0 Å². The fraction of sp³-hybridized carbons (Fsp3) is 0.727. The molecule has 1 amide bonds. The van der Waals surface area contributed by atoms with E-state index in [1.54, 1.807) is 12.0 Å². The Morgan fingerprint density at radius 2 is 1.77 bits per heavy atom. The standard InChI is InChI=1S/C33H47BrF3N5O5/c1-6-22-18-24-26(27(25(22)34)45-21-33(35,36)37)38-29(46-23-8-13-40(14-9-23)12-7-17-44-5)39-28(24)41-15-10-32(11-16-41)19-42(20-32)30(43)47-31(2,3)4/h18,23H,6-17,19-21H2,1-5H3. The molecule has 2 aromatic rings. The fourth-order valence-corrected chi connectivity index (χ4v) is 7.33. The first-order valence-electron chi connectivity index (χ1n) is 16.5. The molecule has 0 radical (unpaired) electrons. The van der Waals surface area contributed by atoms with E-state index in [4.69, 9.17) is 23.9 Å². The Labute approximate surface area is 283 Å². The number of methoxy groups -OCH3 is 1. The van der Waals surface area contributed by atoms with Gasteiger partial charge >= 0.3 is 18.3 Å². The van der Waals surface area contributed by atoms with Gasteiger partial charge in [0.25, 0.3) is 0 Å². The minimum atomic E-state index is -4.52. The van der Waals surface area contributed by atoms with Gasteiger partial charge in [0.15, 0.2) is 12.4 Å². The van der Waals surface area contributed by atoms with Gasteiger partial charge in [-0.2, -0.15) is 23.1 Å². The molecule has 3 aliphatic heterocycles. The van der Waals surface area contributed by atoms with Crippen molar-refractivity contribution in [2.45, 2.75) is 84.1 Å². The van der Waals surface area contributed by atoms with Crippen molar-refractivity contribution in [2.24, 2.45) is 5.41 Å². The van der Waals surface area contributed by atoms with Crippen LogP contribution in [0.4, 0.5) is 23.8 Å². The lowest BCUT2D eigenvalue weighted by Gasteiger charge is -2.53. The highest BCUT2D eigenvalue weighted by Crippen LogP contribution is 2.45. The molecular formula is C33H47BrF3N5O5. The van der Waals surface area contributed by atoms with Crippen LogP contribution in [0.15, 0.2) is 10.5 Å². The van der Waals surface area contributed by atoms with Gasteiger partial charge in [0.2, 0.25) is 0 Å². The Morgan fingerprint density at radius 1 is 1.09 bits per heavy atom. The van der Waals surface area contributed by atoms with E-state index in [2.05, 4.69) is 30.7 Å². The summed E-state index contributed by atoms with van der Waals surface area (Å²) in [5, 5.41) is 0.627. The van der Waals surface area contributed by atoms with Crippen LogP contribution in [0.3, 0.4) is 0 Å². The highest BCUT2D eigenvalue weighted by atomic mass is 79.9. The van der Waals surface area contributed by atoms with E-state index in [0.29, 0.717) is 48.3 Å². The van der Waals surface area contributed by atoms with Crippen molar-refractivity contribution >= 4 is 38.7 Å². The number of alkyl halides is 3. The van der Waals surface area contributed by atoms with Crippen molar-refractivity contribution < 1.29 is 36.9 Å². The van der Waals surface area contributed by atoms with Crippen molar-refractivity contribution in [1.82, 2.24) is 19.8 Å². The molecule has 0 N–H and O–H groups in total. The lowest BCUT2D eigenvalue weighted by atomic mass is 9.72. The summed E-state index contributed by atoms with van der Waals surface area (Å²) in [5.41, 5.74) is 0.545. The minimum Gasteiger partial charge on any atom is -0.481 e. The normalized spacial score (nSPS) is 19.3. The molecule has 0 unspecified atom stereocenters. The molecule has 0 aliphatic carbocycles. The molecule has 47 heavy (non-hydrogen) atoms. The zero-order valence-corrected chi connectivity index (χ0v) is 29.6. The highest BCUT2D eigenvalue weighted by molar-refractivity contribution is 9.10. The number of aryl methyl sites for hydroxylation is 1. The Bertz CT molecular complexity index is 1400. The topological polar surface area (TPSA) is 89.5 Å². The minimum absolute atomic E-state index is 0.00534. The summed E-state index contributed by atoms with van der Waals surface area (Å²) >= 11 is 3.51. The van der Waals surface area contributed by atoms with Crippen LogP contribution in [-0.2, 0) is 15.9 Å². The van der Waals surface area contributed by atoms with E-state index < -0.39 is 18.4 Å². The molecule has 1 aromatic heterocycles. The SMILES string of the molecule is CCc1cc2c(N3CCC4(CC3)CN(C(=O)OC(C)(C)C)C4)nc(OC3CCN(CCCOC)CC3)nc2c(OCC(F)(F)F)c1Br. The average Bonchev–Trinajstić information content (AvgIpc) is 2.98. The number of likely N-dealkylation sites (tertiary alicyclic amines) is 2. The van der Waals surface area contributed by atoms with E-state index >= 15 is 0 Å². The fourth-order valence-electron chi connectivity index (χ4n) is 6.63. The second-order valence-electron chi connectivity index (χ2n) is 14.0. The summed E-state index contributed by atoms with van der Waals surface area (Å²) in [6.45, 7) is 12.1. The molecule has 262 valence electrons. The number of amides is 1. The molecule has 0 bridgehead atoms. The van der Waals surface area contributed by atoms with Gasteiger partial charge in [-0.25, -0.2) is 4.79 Å². The quantitative estimate of drug-likeness (QED) is 0.251. The smallest absolute Gasteiger partial charge is 0.422 e. The number of carbonyl (C=O) groups excluding carboxylic acids is 1. The van der Waals surface area contributed by atoms with Crippen LogP contribution in [0, 0.1) is 5.41 Å². The first-order valence-corrected chi connectivity index (χ1v) is 17.3. The third kappa shape index (κ3) is 8.91. The zero-order valence-electron chi connectivity index (χ0n) is 28.1. The van der Waals surface area contributed by atoms with Gasteiger partial charge in [-0.1, -0.05) is 6.92 Å². The Balaban J connectivity index is 1.39. The summed E-state index contributed by atoms with van der Waals surface area (Å²) in [7, 11) is 1.70. The summed E-state index contributed by atoms with van der Waals surface area (Å²) in [6, 6.07) is 2.08. The summed E-state index contributed by atoms with van der Waals surface area (Å²) < 4.78 is 63.1. The van der Waals surface area contributed by atoms with Gasteiger partial charge in [-0.15, -0.1) is 0 Å². The highest BCUT2D eigenvalue weighted by Gasteiger charge is 2.48. The van der Waals surface area contributed by atoms with Gasteiger partial charge in [0, 0.05) is 70.3 Å². The number of ether oxygens (including phenoxy) is 4. The number of anilines is 1. The number of aromatic nitrogens is 2. The van der Waals surface area contributed by atoms with Crippen molar-refractivity contribution in [2.75, 3.05) is 71.0 Å². The van der Waals surface area contributed by atoms with Gasteiger partial charge in [-0.3, -0.25) is 0 Å². The van der Waals surface area contributed by atoms with E-state index in [-0.39, 0.29) is 34.9 Å². The monoisotopic (exact) mass is 729 g/mol. The van der Waals surface area contributed by atoms with E-state index in [9.17, 15) is 18.0 Å². The van der Waals surface area contributed by atoms with E-state index in [1.807, 2.05) is 33.8 Å². The lowest BCUT2D eigenvalue weighted by molar-refractivity contribution is -0.153. The van der Waals surface area contributed by atoms with Crippen molar-refractivity contribution in [3.05, 3.63) is 16.1 Å². The second kappa shape index (κ2) is 14.5. The number of nitrogens with zero attached hydrogens (tertiary/aromatic N) is 5. The molecule has 0 saturated carbocycles. The van der Waals surface area contributed by atoms with E-state index in [0.717, 1.165) is 63.9 Å². The first kappa shape index (κ1) is 35.7. The number of carbonyl (C=O) groups is 1. The van der Waals surface area contributed by atoms with Crippen LogP contribution in [0.1, 0.15) is 65.4 Å². The van der Waals surface area contributed by atoms with Gasteiger partial charge < -0.3 is 33.6 Å². The molecule has 3 aliphatic rings. The largest absolute Gasteiger partial charge is 0.481 e. The third-order valence-electron chi connectivity index (χ3n) is 9.14. The van der Waals surface area contributed by atoms with Crippen molar-refractivity contribution in [3.63, 3.8) is 0 Å².